The topological polar surface area (TPSA) is 69.2 Å². The van der Waals surface area contributed by atoms with Gasteiger partial charge in [0.15, 0.2) is 23.0 Å². The summed E-state index contributed by atoms with van der Waals surface area (Å²) in [5, 5.41) is 9.51. The van der Waals surface area contributed by atoms with Crippen molar-refractivity contribution < 1.29 is 18.9 Å². The van der Waals surface area contributed by atoms with Crippen LogP contribution in [0.4, 0.5) is 5.69 Å². The Bertz CT molecular complexity index is 1070. The van der Waals surface area contributed by atoms with Gasteiger partial charge in [-0.2, -0.15) is 10.2 Å². The third-order valence-corrected chi connectivity index (χ3v) is 5.68. The Morgan fingerprint density at radius 1 is 0.933 bits per heavy atom. The van der Waals surface area contributed by atoms with Gasteiger partial charge >= 0.3 is 0 Å². The fraction of sp³-hybridized carbons (Fsp3) is 0.364. The first-order valence-corrected chi connectivity index (χ1v) is 9.98. The van der Waals surface area contributed by atoms with Gasteiger partial charge in [-0.3, -0.25) is 4.90 Å². The number of benzene rings is 2. The summed E-state index contributed by atoms with van der Waals surface area (Å²) in [5.41, 5.74) is 3.11. The number of ether oxygens (including phenoxy) is 4. The van der Waals surface area contributed by atoms with E-state index in [0.29, 0.717) is 18.3 Å². The van der Waals surface area contributed by atoms with Gasteiger partial charge in [-0.05, 0) is 23.8 Å². The molecule has 0 aliphatic carbocycles. The molecular weight excluding hydrogens is 384 g/mol. The molecule has 30 heavy (non-hydrogen) atoms. The van der Waals surface area contributed by atoms with Gasteiger partial charge in [0, 0.05) is 44.2 Å². The first kappa shape index (κ1) is 18.7. The van der Waals surface area contributed by atoms with Crippen molar-refractivity contribution in [1.82, 2.24) is 15.1 Å². The second kappa shape index (κ2) is 7.87. The van der Waals surface area contributed by atoms with Gasteiger partial charge in [-0.15, -0.1) is 0 Å². The highest BCUT2D eigenvalue weighted by molar-refractivity contribution is 5.93. The zero-order valence-corrected chi connectivity index (χ0v) is 17.1. The summed E-state index contributed by atoms with van der Waals surface area (Å²) < 4.78 is 21.8. The number of hydrogen-bond donors (Lipinski definition) is 0. The van der Waals surface area contributed by atoms with Crippen molar-refractivity contribution in [3.63, 3.8) is 0 Å². The first-order chi connectivity index (χ1) is 14.7. The molecule has 0 N–H and O–H groups in total. The molecule has 2 aliphatic heterocycles. The van der Waals surface area contributed by atoms with Crippen LogP contribution in [0.15, 0.2) is 36.5 Å². The van der Waals surface area contributed by atoms with Crippen molar-refractivity contribution in [2.45, 2.75) is 6.54 Å². The highest BCUT2D eigenvalue weighted by Crippen LogP contribution is 2.36. The van der Waals surface area contributed by atoms with Crippen molar-refractivity contribution in [2.75, 3.05) is 52.1 Å². The van der Waals surface area contributed by atoms with Crippen LogP contribution in [0, 0.1) is 0 Å². The van der Waals surface area contributed by atoms with E-state index in [9.17, 15) is 0 Å². The molecule has 8 heteroatoms. The van der Waals surface area contributed by atoms with Crippen LogP contribution in [0.1, 0.15) is 5.56 Å². The molecule has 5 rings (SSSR count). The molecule has 0 saturated carbocycles. The molecule has 0 atom stereocenters. The minimum absolute atomic E-state index is 0.308. The average Bonchev–Trinajstić information content (AvgIpc) is 3.26. The lowest BCUT2D eigenvalue weighted by atomic mass is 10.1. The molecule has 0 amide bonds. The third kappa shape index (κ3) is 3.43. The van der Waals surface area contributed by atoms with Gasteiger partial charge in [0.1, 0.15) is 0 Å². The van der Waals surface area contributed by atoms with E-state index in [2.05, 4.69) is 32.1 Å². The smallest absolute Gasteiger partial charge is 0.231 e. The van der Waals surface area contributed by atoms with Crippen LogP contribution < -0.4 is 23.8 Å². The fourth-order valence-electron chi connectivity index (χ4n) is 4.07. The van der Waals surface area contributed by atoms with Crippen molar-refractivity contribution in [2.24, 2.45) is 0 Å². The summed E-state index contributed by atoms with van der Waals surface area (Å²) in [6.45, 7) is 4.96. The summed E-state index contributed by atoms with van der Waals surface area (Å²) >= 11 is 0. The van der Waals surface area contributed by atoms with Gasteiger partial charge in [0.25, 0.3) is 0 Å². The molecule has 8 nitrogen and oxygen atoms in total. The average molecular weight is 408 g/mol. The zero-order chi connectivity index (χ0) is 20.5. The second-order valence-corrected chi connectivity index (χ2v) is 7.40. The van der Waals surface area contributed by atoms with E-state index < -0.39 is 0 Å². The van der Waals surface area contributed by atoms with Crippen LogP contribution in [0.3, 0.4) is 0 Å². The molecule has 0 bridgehead atoms. The molecule has 2 aromatic carbocycles. The molecule has 2 aliphatic rings. The summed E-state index contributed by atoms with van der Waals surface area (Å²) in [5.74, 6) is 3.02. The number of anilines is 1. The zero-order valence-electron chi connectivity index (χ0n) is 17.1. The lowest BCUT2D eigenvalue weighted by Gasteiger charge is -2.36. The number of aromatic nitrogens is 2. The SMILES string of the molecule is COc1cc2nncc(N3CCN(Cc4ccc5c(c4)OCO5)CC3)c2cc1OC. The molecule has 156 valence electrons. The highest BCUT2D eigenvalue weighted by Gasteiger charge is 2.21. The number of nitrogens with zero attached hydrogens (tertiary/aromatic N) is 4. The van der Waals surface area contributed by atoms with Crippen LogP contribution in [0.5, 0.6) is 23.0 Å². The van der Waals surface area contributed by atoms with Crippen molar-refractivity contribution >= 4 is 16.6 Å². The van der Waals surface area contributed by atoms with E-state index in [1.807, 2.05) is 24.4 Å². The third-order valence-electron chi connectivity index (χ3n) is 5.68. The van der Waals surface area contributed by atoms with Crippen molar-refractivity contribution in [3.8, 4) is 23.0 Å². The fourth-order valence-corrected chi connectivity index (χ4v) is 4.07. The van der Waals surface area contributed by atoms with Gasteiger partial charge in [-0.1, -0.05) is 6.07 Å². The molecule has 3 aromatic rings. The van der Waals surface area contributed by atoms with Crippen LogP contribution in [-0.4, -0.2) is 62.3 Å². The number of methoxy groups -OCH3 is 2. The summed E-state index contributed by atoms with van der Waals surface area (Å²) in [7, 11) is 3.27. The Morgan fingerprint density at radius 3 is 2.50 bits per heavy atom. The molecule has 0 spiro atoms. The predicted molar refractivity (Wildman–Crippen MR) is 113 cm³/mol. The maximum absolute atomic E-state index is 5.50. The van der Waals surface area contributed by atoms with Crippen molar-refractivity contribution in [1.29, 1.82) is 0 Å². The minimum atomic E-state index is 0.308. The Labute approximate surface area is 174 Å². The number of piperazine rings is 1. The van der Waals surface area contributed by atoms with E-state index in [0.717, 1.165) is 60.8 Å². The van der Waals surface area contributed by atoms with E-state index >= 15 is 0 Å². The number of fused-ring (bicyclic) bond motifs is 2. The van der Waals surface area contributed by atoms with Crippen LogP contribution in [0.2, 0.25) is 0 Å². The molecule has 1 saturated heterocycles. The molecule has 1 aromatic heterocycles. The Kier molecular flexibility index (Phi) is 4.92. The standard InChI is InChI=1S/C22H24N4O4/c1-27-20-10-16-17(11-21(20)28-2)24-23-12-18(16)26-7-5-25(6-8-26)13-15-3-4-19-22(9-15)30-14-29-19/h3-4,9-12H,5-8,13-14H2,1-2H3. The lowest BCUT2D eigenvalue weighted by Crippen LogP contribution is -2.46. The van der Waals surface area contributed by atoms with E-state index in [1.54, 1.807) is 14.2 Å². The van der Waals surface area contributed by atoms with Crippen LogP contribution in [0.25, 0.3) is 10.9 Å². The maximum Gasteiger partial charge on any atom is 0.231 e. The quantitative estimate of drug-likeness (QED) is 0.638. The first-order valence-electron chi connectivity index (χ1n) is 9.98. The largest absolute Gasteiger partial charge is 0.493 e. The predicted octanol–water partition coefficient (Wildman–Crippen LogP) is 2.70. The molecule has 0 unspecified atom stereocenters. The van der Waals surface area contributed by atoms with Gasteiger partial charge < -0.3 is 23.8 Å². The Hall–Kier alpha value is -3.26. The Morgan fingerprint density at radius 2 is 1.70 bits per heavy atom. The normalized spacial score (nSPS) is 16.1. The number of rotatable bonds is 5. The molecule has 1 fully saturated rings. The summed E-state index contributed by atoms with van der Waals surface area (Å²) in [6, 6.07) is 10.0. The Balaban J connectivity index is 1.31. The van der Waals surface area contributed by atoms with Crippen LogP contribution in [-0.2, 0) is 6.54 Å². The monoisotopic (exact) mass is 408 g/mol. The van der Waals surface area contributed by atoms with Gasteiger partial charge in [0.05, 0.1) is 31.6 Å². The lowest BCUT2D eigenvalue weighted by molar-refractivity contribution is 0.174. The van der Waals surface area contributed by atoms with Gasteiger partial charge in [0.2, 0.25) is 6.79 Å². The molecule has 0 radical (unpaired) electrons. The summed E-state index contributed by atoms with van der Waals surface area (Å²) in [6.07, 6.45) is 1.84. The number of hydrogen-bond acceptors (Lipinski definition) is 8. The molecular formula is C22H24N4O4. The second-order valence-electron chi connectivity index (χ2n) is 7.40. The van der Waals surface area contributed by atoms with E-state index in [4.69, 9.17) is 18.9 Å². The van der Waals surface area contributed by atoms with Gasteiger partial charge in [-0.25, -0.2) is 0 Å². The van der Waals surface area contributed by atoms with E-state index in [1.165, 1.54) is 5.56 Å². The summed E-state index contributed by atoms with van der Waals surface area (Å²) in [4.78, 5) is 4.81. The maximum atomic E-state index is 5.50. The minimum Gasteiger partial charge on any atom is -0.493 e. The van der Waals surface area contributed by atoms with E-state index in [-0.39, 0.29) is 0 Å². The van der Waals surface area contributed by atoms with Crippen molar-refractivity contribution in [3.05, 3.63) is 42.1 Å². The molecule has 3 heterocycles. The van der Waals surface area contributed by atoms with Crippen LogP contribution >= 0.6 is 0 Å². The highest BCUT2D eigenvalue weighted by atomic mass is 16.7.